The van der Waals surface area contributed by atoms with E-state index in [1.807, 2.05) is 0 Å². The third-order valence-corrected chi connectivity index (χ3v) is 3.07. The molecule has 7 heteroatoms. The largest absolute Gasteiger partial charge is 0.416 e. The first-order valence-corrected chi connectivity index (χ1v) is 6.19. The molecule has 0 bridgehead atoms. The zero-order valence-corrected chi connectivity index (χ0v) is 10.9. The van der Waals surface area contributed by atoms with E-state index in [0.717, 1.165) is 6.07 Å². The van der Waals surface area contributed by atoms with E-state index in [-0.39, 0.29) is 17.3 Å². The number of hydrogen-bond acceptors (Lipinski definition) is 2. The Labute approximate surface area is 114 Å². The Morgan fingerprint density at radius 3 is 2.75 bits per heavy atom. The average Bonchev–Trinajstić information content (AvgIpc) is 2.83. The second kappa shape index (κ2) is 5.70. The first kappa shape index (κ1) is 14.6. The molecule has 1 aliphatic heterocycles. The van der Waals surface area contributed by atoms with E-state index in [2.05, 4.69) is 10.6 Å². The smallest absolute Gasteiger partial charge is 0.379 e. The lowest BCUT2D eigenvalue weighted by Crippen LogP contribution is -2.38. The van der Waals surface area contributed by atoms with Crippen molar-refractivity contribution < 1.29 is 22.7 Å². The van der Waals surface area contributed by atoms with E-state index in [1.54, 1.807) is 0 Å². The molecule has 1 atom stereocenters. The number of urea groups is 1. The molecule has 0 aromatic heterocycles. The Morgan fingerprint density at radius 2 is 2.15 bits per heavy atom. The molecule has 2 amide bonds. The number of alkyl halides is 3. The van der Waals surface area contributed by atoms with Gasteiger partial charge in [-0.2, -0.15) is 13.2 Å². The van der Waals surface area contributed by atoms with Gasteiger partial charge in [0, 0.05) is 12.3 Å². The summed E-state index contributed by atoms with van der Waals surface area (Å²) in [4.78, 5) is 11.7. The molecule has 2 rings (SSSR count). The maximum absolute atomic E-state index is 12.7. The Kier molecular flexibility index (Phi) is 4.17. The van der Waals surface area contributed by atoms with Gasteiger partial charge in [-0.1, -0.05) is 6.07 Å². The van der Waals surface area contributed by atoms with Crippen molar-refractivity contribution in [2.75, 3.05) is 18.5 Å². The normalized spacial score (nSPS) is 18.9. The lowest BCUT2D eigenvalue weighted by molar-refractivity contribution is -0.138. The van der Waals surface area contributed by atoms with E-state index in [9.17, 15) is 18.0 Å². The molecule has 110 valence electrons. The van der Waals surface area contributed by atoms with Gasteiger partial charge in [0.1, 0.15) is 0 Å². The fourth-order valence-corrected chi connectivity index (χ4v) is 2.01. The predicted molar refractivity (Wildman–Crippen MR) is 67.6 cm³/mol. The van der Waals surface area contributed by atoms with Gasteiger partial charge < -0.3 is 15.4 Å². The van der Waals surface area contributed by atoms with Gasteiger partial charge in [-0.05, 0) is 31.0 Å². The van der Waals surface area contributed by atoms with Crippen LogP contribution in [0.5, 0.6) is 0 Å². The monoisotopic (exact) mass is 288 g/mol. The molecule has 1 heterocycles. The molecule has 0 aliphatic carbocycles. The Hall–Kier alpha value is -1.76. The second-order valence-electron chi connectivity index (χ2n) is 4.69. The highest BCUT2D eigenvalue weighted by Gasteiger charge is 2.32. The van der Waals surface area contributed by atoms with Crippen molar-refractivity contribution in [1.82, 2.24) is 5.32 Å². The van der Waals surface area contributed by atoms with Crippen LogP contribution in [0.1, 0.15) is 17.5 Å². The Balaban J connectivity index is 2.04. The summed E-state index contributed by atoms with van der Waals surface area (Å²) in [5.41, 5.74) is -0.522. The summed E-state index contributed by atoms with van der Waals surface area (Å²) in [6.07, 6.45) is -3.73. The molecule has 1 fully saturated rings. The molecule has 0 radical (unpaired) electrons. The molecule has 20 heavy (non-hydrogen) atoms. The standard InChI is InChI=1S/C13H15F3N2O2/c1-8-2-3-9(6-11(8)13(14,15)16)17-12(19)18-10-4-5-20-7-10/h2-3,6,10H,4-5,7H2,1H3,(H2,17,18,19). The molecule has 0 saturated carbocycles. The Bertz CT molecular complexity index is 497. The van der Waals surface area contributed by atoms with Crippen molar-refractivity contribution in [3.05, 3.63) is 29.3 Å². The van der Waals surface area contributed by atoms with Crippen LogP contribution in [-0.2, 0) is 10.9 Å². The van der Waals surface area contributed by atoms with Crippen LogP contribution >= 0.6 is 0 Å². The van der Waals surface area contributed by atoms with Crippen LogP contribution in [0.15, 0.2) is 18.2 Å². The van der Waals surface area contributed by atoms with Gasteiger partial charge in [-0.25, -0.2) is 4.79 Å². The fraction of sp³-hybridized carbons (Fsp3) is 0.462. The van der Waals surface area contributed by atoms with E-state index >= 15 is 0 Å². The molecule has 1 aromatic carbocycles. The summed E-state index contributed by atoms with van der Waals surface area (Å²) in [7, 11) is 0. The molecular weight excluding hydrogens is 273 g/mol. The highest BCUT2D eigenvalue weighted by Crippen LogP contribution is 2.33. The summed E-state index contributed by atoms with van der Waals surface area (Å²) in [5.74, 6) is 0. The maximum atomic E-state index is 12.7. The zero-order chi connectivity index (χ0) is 14.8. The highest BCUT2D eigenvalue weighted by atomic mass is 19.4. The number of nitrogens with one attached hydrogen (secondary N) is 2. The van der Waals surface area contributed by atoms with E-state index in [0.29, 0.717) is 19.6 Å². The van der Waals surface area contributed by atoms with Crippen molar-refractivity contribution in [3.8, 4) is 0 Å². The summed E-state index contributed by atoms with van der Waals surface area (Å²) in [6, 6.07) is 3.08. The summed E-state index contributed by atoms with van der Waals surface area (Å²) < 4.78 is 43.3. The summed E-state index contributed by atoms with van der Waals surface area (Å²) >= 11 is 0. The van der Waals surface area contributed by atoms with Gasteiger partial charge in [0.2, 0.25) is 0 Å². The lowest BCUT2D eigenvalue weighted by Gasteiger charge is -2.14. The molecule has 2 N–H and O–H groups in total. The first-order chi connectivity index (χ1) is 9.36. The van der Waals surface area contributed by atoms with Crippen LogP contribution in [0, 0.1) is 6.92 Å². The molecular formula is C13H15F3N2O2. The number of anilines is 1. The van der Waals surface area contributed by atoms with Crippen molar-refractivity contribution in [2.24, 2.45) is 0 Å². The molecule has 0 spiro atoms. The summed E-state index contributed by atoms with van der Waals surface area (Å²) in [5, 5.41) is 5.05. The number of hydrogen-bond donors (Lipinski definition) is 2. The van der Waals surface area contributed by atoms with E-state index < -0.39 is 17.8 Å². The topological polar surface area (TPSA) is 50.4 Å². The summed E-state index contributed by atoms with van der Waals surface area (Å²) in [6.45, 7) is 2.38. The van der Waals surface area contributed by atoms with Crippen LogP contribution in [0.25, 0.3) is 0 Å². The van der Waals surface area contributed by atoms with Gasteiger partial charge in [-0.15, -0.1) is 0 Å². The number of amides is 2. The van der Waals surface area contributed by atoms with Crippen LogP contribution in [0.3, 0.4) is 0 Å². The number of aryl methyl sites for hydroxylation is 1. The van der Waals surface area contributed by atoms with Crippen molar-refractivity contribution in [2.45, 2.75) is 25.6 Å². The minimum absolute atomic E-state index is 0.0949. The highest BCUT2D eigenvalue weighted by molar-refractivity contribution is 5.89. The van der Waals surface area contributed by atoms with Gasteiger partial charge >= 0.3 is 12.2 Å². The minimum atomic E-state index is -4.43. The predicted octanol–water partition coefficient (Wildman–Crippen LogP) is 2.92. The Morgan fingerprint density at radius 1 is 1.40 bits per heavy atom. The van der Waals surface area contributed by atoms with Crippen molar-refractivity contribution in [1.29, 1.82) is 0 Å². The maximum Gasteiger partial charge on any atom is 0.416 e. The van der Waals surface area contributed by atoms with Gasteiger partial charge in [0.25, 0.3) is 0 Å². The molecule has 1 unspecified atom stereocenters. The third-order valence-electron chi connectivity index (χ3n) is 3.07. The van der Waals surface area contributed by atoms with Crippen LogP contribution in [-0.4, -0.2) is 25.3 Å². The second-order valence-corrected chi connectivity index (χ2v) is 4.69. The third kappa shape index (κ3) is 3.63. The zero-order valence-electron chi connectivity index (χ0n) is 10.9. The van der Waals surface area contributed by atoms with E-state index in [4.69, 9.17) is 4.74 Å². The number of carbonyl (C=O) groups excluding carboxylic acids is 1. The van der Waals surface area contributed by atoms with Gasteiger partial charge in [0.15, 0.2) is 0 Å². The van der Waals surface area contributed by atoms with Crippen LogP contribution < -0.4 is 10.6 Å². The number of ether oxygens (including phenoxy) is 1. The van der Waals surface area contributed by atoms with Gasteiger partial charge in [0.05, 0.1) is 18.2 Å². The molecule has 1 aliphatic rings. The quantitative estimate of drug-likeness (QED) is 0.879. The fourth-order valence-electron chi connectivity index (χ4n) is 2.01. The number of benzene rings is 1. The molecule has 1 aromatic rings. The number of rotatable bonds is 2. The molecule has 1 saturated heterocycles. The van der Waals surface area contributed by atoms with Gasteiger partial charge in [-0.3, -0.25) is 0 Å². The SMILES string of the molecule is Cc1ccc(NC(=O)NC2CCOC2)cc1C(F)(F)F. The van der Waals surface area contributed by atoms with E-state index in [1.165, 1.54) is 19.1 Å². The minimum Gasteiger partial charge on any atom is -0.379 e. The average molecular weight is 288 g/mol. The van der Waals surface area contributed by atoms with Crippen molar-refractivity contribution in [3.63, 3.8) is 0 Å². The number of halogens is 3. The lowest BCUT2D eigenvalue weighted by atomic mass is 10.1. The molecule has 4 nitrogen and oxygen atoms in total. The first-order valence-electron chi connectivity index (χ1n) is 6.19. The van der Waals surface area contributed by atoms with Crippen LogP contribution in [0.2, 0.25) is 0 Å². The number of carbonyl (C=O) groups is 1. The van der Waals surface area contributed by atoms with Crippen LogP contribution in [0.4, 0.5) is 23.7 Å². The van der Waals surface area contributed by atoms with Crippen molar-refractivity contribution >= 4 is 11.7 Å².